The minimum absolute atomic E-state index is 0.137. The molecule has 4 aliphatic rings. The van der Waals surface area contributed by atoms with Gasteiger partial charge >= 0.3 is 0 Å². The lowest BCUT2D eigenvalue weighted by atomic mass is 9.53. The number of carbonyl (C=O) groups excluding carboxylic acids is 1. The number of hydrogen-bond acceptors (Lipinski definition) is 2. The van der Waals surface area contributed by atoms with Crippen molar-refractivity contribution in [1.29, 1.82) is 0 Å². The van der Waals surface area contributed by atoms with E-state index < -0.39 is 5.60 Å². The summed E-state index contributed by atoms with van der Waals surface area (Å²) in [4.78, 5) is 12.0. The summed E-state index contributed by atoms with van der Waals surface area (Å²) < 4.78 is 0. The number of aliphatic hydroxyl groups is 1. The lowest BCUT2D eigenvalue weighted by Crippen LogP contribution is -2.41. The zero-order valence-corrected chi connectivity index (χ0v) is 19.8. The van der Waals surface area contributed by atoms with E-state index in [9.17, 15) is 9.90 Å². The average Bonchev–Trinajstić information content (AvgIpc) is 3.03. The number of allylic oxidation sites excluding steroid dienone is 7. The Morgan fingerprint density at radius 2 is 1.80 bits per heavy atom. The molecule has 1 N–H and O–H groups in total. The molecule has 0 saturated heterocycles. The average molecular weight is 409 g/mol. The Labute approximate surface area is 183 Å². The molecule has 1 fully saturated rings. The van der Waals surface area contributed by atoms with Gasteiger partial charge in [-0.05, 0) is 91.8 Å². The molecule has 2 nitrogen and oxygen atoms in total. The van der Waals surface area contributed by atoms with E-state index in [-0.39, 0.29) is 16.7 Å². The Kier molecular flexibility index (Phi) is 5.33. The minimum Gasteiger partial charge on any atom is -0.390 e. The Morgan fingerprint density at radius 3 is 2.50 bits per heavy atom. The molecule has 1 saturated carbocycles. The first kappa shape index (κ1) is 21.8. The molecule has 6 atom stereocenters. The molecule has 0 spiro atoms. The predicted octanol–water partition coefficient (Wildman–Crippen LogP) is 6.57. The van der Waals surface area contributed by atoms with Crippen LogP contribution in [-0.4, -0.2) is 16.5 Å². The molecule has 0 aromatic rings. The Balaban J connectivity index is 1.64. The number of hydrogen-bond donors (Lipinski definition) is 1. The van der Waals surface area contributed by atoms with Crippen molar-refractivity contribution in [1.82, 2.24) is 0 Å². The third-order valence-electron chi connectivity index (χ3n) is 9.42. The van der Waals surface area contributed by atoms with Crippen molar-refractivity contribution in [2.24, 2.45) is 34.5 Å². The maximum atomic E-state index is 12.0. The van der Waals surface area contributed by atoms with Gasteiger partial charge in [0.25, 0.3) is 0 Å². The van der Waals surface area contributed by atoms with Crippen LogP contribution in [0.1, 0.15) is 80.1 Å². The quantitative estimate of drug-likeness (QED) is 0.534. The van der Waals surface area contributed by atoms with Gasteiger partial charge in [-0.25, -0.2) is 0 Å². The highest BCUT2D eigenvalue weighted by atomic mass is 16.3. The molecule has 0 heterocycles. The molecule has 30 heavy (non-hydrogen) atoms. The van der Waals surface area contributed by atoms with Crippen molar-refractivity contribution < 1.29 is 9.90 Å². The van der Waals surface area contributed by atoms with Crippen LogP contribution in [0.5, 0.6) is 0 Å². The van der Waals surface area contributed by atoms with E-state index in [1.807, 2.05) is 19.9 Å². The van der Waals surface area contributed by atoms with Crippen molar-refractivity contribution in [3.63, 3.8) is 0 Å². The Bertz CT molecular complexity index is 848. The number of carbonyl (C=O) groups is 1. The summed E-state index contributed by atoms with van der Waals surface area (Å²) in [5.41, 5.74) is 4.31. The molecule has 0 radical (unpaired) electrons. The monoisotopic (exact) mass is 408 g/mol. The van der Waals surface area contributed by atoms with E-state index in [0.717, 1.165) is 6.42 Å². The largest absolute Gasteiger partial charge is 0.390 e. The second kappa shape index (κ2) is 7.33. The van der Waals surface area contributed by atoms with Crippen molar-refractivity contribution in [2.75, 3.05) is 0 Å². The van der Waals surface area contributed by atoms with Gasteiger partial charge in [0.2, 0.25) is 0 Å². The first-order chi connectivity index (χ1) is 14.0. The number of fused-ring (bicyclic) bond motifs is 4. The molecule has 4 aliphatic carbocycles. The maximum absolute atomic E-state index is 12.0. The van der Waals surface area contributed by atoms with Gasteiger partial charge in [0.1, 0.15) is 0 Å². The maximum Gasteiger partial charge on any atom is 0.156 e. The van der Waals surface area contributed by atoms with Crippen LogP contribution in [0.15, 0.2) is 47.1 Å². The lowest BCUT2D eigenvalue weighted by molar-refractivity contribution is -0.116. The number of ketones is 1. The molecule has 4 rings (SSSR count). The van der Waals surface area contributed by atoms with Crippen LogP contribution in [0, 0.1) is 34.5 Å². The van der Waals surface area contributed by atoms with Gasteiger partial charge in [-0.2, -0.15) is 0 Å². The van der Waals surface area contributed by atoms with Gasteiger partial charge in [0.15, 0.2) is 5.78 Å². The number of rotatable bonds is 4. The molecular weight excluding hydrogens is 368 g/mol. The van der Waals surface area contributed by atoms with Gasteiger partial charge in [-0.3, -0.25) is 4.79 Å². The van der Waals surface area contributed by atoms with E-state index in [4.69, 9.17) is 0 Å². The second-order valence-electron chi connectivity index (χ2n) is 11.6. The highest BCUT2D eigenvalue weighted by Gasteiger charge is 2.53. The lowest BCUT2D eigenvalue weighted by Gasteiger charge is -2.51. The summed E-state index contributed by atoms with van der Waals surface area (Å²) in [7, 11) is 0. The summed E-state index contributed by atoms with van der Waals surface area (Å²) in [5.74, 6) is 2.20. The van der Waals surface area contributed by atoms with Gasteiger partial charge < -0.3 is 5.11 Å². The third-order valence-corrected chi connectivity index (χ3v) is 9.42. The Hall–Kier alpha value is -1.41. The van der Waals surface area contributed by atoms with Crippen LogP contribution in [0.3, 0.4) is 0 Å². The zero-order chi connectivity index (χ0) is 21.9. The summed E-state index contributed by atoms with van der Waals surface area (Å²) in [6, 6.07) is 0. The third kappa shape index (κ3) is 3.40. The van der Waals surface area contributed by atoms with Crippen molar-refractivity contribution in [3.05, 3.63) is 47.1 Å². The first-order valence-corrected chi connectivity index (χ1v) is 12.0. The summed E-state index contributed by atoms with van der Waals surface area (Å²) in [6.45, 7) is 13.2. The van der Waals surface area contributed by atoms with Crippen LogP contribution in [0.4, 0.5) is 0 Å². The Morgan fingerprint density at radius 1 is 1.07 bits per heavy atom. The highest BCUT2D eigenvalue weighted by molar-refractivity contribution is 5.92. The van der Waals surface area contributed by atoms with Gasteiger partial charge in [0, 0.05) is 12.3 Å². The molecule has 0 aromatic heterocycles. The summed E-state index contributed by atoms with van der Waals surface area (Å²) in [6.07, 6.45) is 17.8. The van der Waals surface area contributed by atoms with Crippen LogP contribution in [0.2, 0.25) is 0 Å². The fourth-order valence-electron chi connectivity index (χ4n) is 6.91. The zero-order valence-electron chi connectivity index (χ0n) is 19.8. The van der Waals surface area contributed by atoms with Crippen LogP contribution < -0.4 is 0 Å². The fraction of sp³-hybridized carbons (Fsp3) is 0.679. The standard InChI is InChI=1S/C28H40O2/c1-18(7-8-19(2)26(3,4)30)23-11-12-24-22-10-9-20-17-21(29)13-15-27(20,5)25(22)14-16-28(23,24)6/h7-10,17-19,23,25,30H,11-16H2,1-6H3/b8-7+/t18-,19+,23-,25+,27+,28-/m1/s1. The topological polar surface area (TPSA) is 37.3 Å². The second-order valence-corrected chi connectivity index (χ2v) is 11.6. The van der Waals surface area contributed by atoms with Gasteiger partial charge in [0.05, 0.1) is 5.60 Å². The molecule has 0 unspecified atom stereocenters. The minimum atomic E-state index is -0.671. The molecule has 2 heteroatoms. The van der Waals surface area contributed by atoms with E-state index in [2.05, 4.69) is 52.0 Å². The van der Waals surface area contributed by atoms with Crippen molar-refractivity contribution in [2.45, 2.75) is 85.7 Å². The highest BCUT2D eigenvalue weighted by Crippen LogP contribution is 2.63. The van der Waals surface area contributed by atoms with E-state index >= 15 is 0 Å². The summed E-state index contributed by atoms with van der Waals surface area (Å²) in [5, 5.41) is 10.3. The molecule has 0 aliphatic heterocycles. The van der Waals surface area contributed by atoms with Crippen molar-refractivity contribution >= 4 is 5.78 Å². The van der Waals surface area contributed by atoms with Crippen molar-refractivity contribution in [3.8, 4) is 0 Å². The molecule has 0 bridgehead atoms. The van der Waals surface area contributed by atoms with Crippen LogP contribution in [-0.2, 0) is 4.79 Å². The first-order valence-electron chi connectivity index (χ1n) is 12.0. The van der Waals surface area contributed by atoms with Gasteiger partial charge in [-0.15, -0.1) is 0 Å². The molecular formula is C28H40O2. The SMILES string of the molecule is C[C@H](/C=C/[C@H](C)C(C)(C)O)[C@H]1CCC2=C3C=CC4=CC(=O)CC[C@]4(C)[C@H]3CC[C@@]21C. The van der Waals surface area contributed by atoms with Crippen LogP contribution in [0.25, 0.3) is 0 Å². The predicted molar refractivity (Wildman–Crippen MR) is 124 cm³/mol. The fourth-order valence-corrected chi connectivity index (χ4v) is 6.91. The smallest absolute Gasteiger partial charge is 0.156 e. The molecule has 0 aromatic carbocycles. The van der Waals surface area contributed by atoms with E-state index in [1.165, 1.54) is 31.3 Å². The van der Waals surface area contributed by atoms with E-state index in [1.54, 1.807) is 11.1 Å². The molecule has 0 amide bonds. The van der Waals surface area contributed by atoms with E-state index in [0.29, 0.717) is 30.0 Å². The molecule has 164 valence electrons. The normalized spacial score (nSPS) is 38.2. The van der Waals surface area contributed by atoms with Crippen LogP contribution >= 0.6 is 0 Å². The summed E-state index contributed by atoms with van der Waals surface area (Å²) >= 11 is 0. The van der Waals surface area contributed by atoms with Gasteiger partial charge in [-0.1, -0.05) is 57.6 Å².